The zero-order valence-electron chi connectivity index (χ0n) is 9.08. The number of aryl methyl sites for hydroxylation is 2. The highest BCUT2D eigenvalue weighted by Crippen LogP contribution is 2.29. The number of rotatable bonds is 1. The predicted octanol–water partition coefficient (Wildman–Crippen LogP) is 2.23. The molecule has 2 rings (SSSR count). The van der Waals surface area contributed by atoms with Crippen LogP contribution < -0.4 is 0 Å². The lowest BCUT2D eigenvalue weighted by Gasteiger charge is -2.14. The summed E-state index contributed by atoms with van der Waals surface area (Å²) in [7, 11) is 0. The maximum absolute atomic E-state index is 13.1. The van der Waals surface area contributed by atoms with Gasteiger partial charge in [0.05, 0.1) is 0 Å². The lowest BCUT2D eigenvalue weighted by Crippen LogP contribution is -2.16. The summed E-state index contributed by atoms with van der Waals surface area (Å²) in [5.41, 5.74) is 1.93. The van der Waals surface area contributed by atoms with Gasteiger partial charge >= 0.3 is 0 Å². The van der Waals surface area contributed by atoms with E-state index in [-0.39, 0.29) is 17.4 Å². The van der Waals surface area contributed by atoms with Gasteiger partial charge in [-0.05, 0) is 54.8 Å². The minimum atomic E-state index is -0.763. The Morgan fingerprint density at radius 1 is 1.00 bits per heavy atom. The Balaban J connectivity index is 2.57. The van der Waals surface area contributed by atoms with Crippen LogP contribution in [0.25, 0.3) is 0 Å². The number of hydrogen-bond donors (Lipinski definition) is 0. The van der Waals surface area contributed by atoms with E-state index in [0.29, 0.717) is 16.7 Å². The van der Waals surface area contributed by atoms with E-state index in [1.165, 1.54) is 24.3 Å². The van der Waals surface area contributed by atoms with Crippen LogP contribution in [0.1, 0.15) is 22.6 Å². The number of allylic oxidation sites excluding steroid dienone is 2. The van der Waals surface area contributed by atoms with Gasteiger partial charge in [0, 0.05) is 0 Å². The van der Waals surface area contributed by atoms with Crippen LogP contribution in [0, 0.1) is 19.7 Å². The maximum atomic E-state index is 13.1. The van der Waals surface area contributed by atoms with E-state index >= 15 is 0 Å². The predicted molar refractivity (Wildman–Crippen MR) is 57.8 cm³/mol. The van der Waals surface area contributed by atoms with Crippen LogP contribution in [0.3, 0.4) is 0 Å². The normalized spacial score (nSPS) is 16.2. The fourth-order valence-corrected chi connectivity index (χ4v) is 2.16. The van der Waals surface area contributed by atoms with Crippen molar-refractivity contribution in [3.8, 4) is 0 Å². The van der Waals surface area contributed by atoms with E-state index in [4.69, 9.17) is 0 Å². The van der Waals surface area contributed by atoms with E-state index in [1.54, 1.807) is 13.8 Å². The molecule has 0 aliphatic heterocycles. The number of benzene rings is 1. The van der Waals surface area contributed by atoms with Crippen molar-refractivity contribution in [1.29, 1.82) is 0 Å². The highest BCUT2D eigenvalue weighted by molar-refractivity contribution is 6.22. The molecular formula is C13H11FO2. The topological polar surface area (TPSA) is 34.1 Å². The van der Waals surface area contributed by atoms with Gasteiger partial charge in [0.1, 0.15) is 11.7 Å². The molecule has 1 aromatic rings. The fraction of sp³-hybridized carbons (Fsp3) is 0.231. The number of carbonyl (C=O) groups excluding carboxylic acids is 2. The van der Waals surface area contributed by atoms with Crippen molar-refractivity contribution in [1.82, 2.24) is 0 Å². The summed E-state index contributed by atoms with van der Waals surface area (Å²) in [6, 6.07) is 2.70. The zero-order valence-corrected chi connectivity index (χ0v) is 9.08. The molecule has 0 aromatic heterocycles. The van der Waals surface area contributed by atoms with Crippen molar-refractivity contribution in [2.45, 2.75) is 19.8 Å². The molecule has 82 valence electrons. The lowest BCUT2D eigenvalue weighted by atomic mass is 9.88. The van der Waals surface area contributed by atoms with Crippen molar-refractivity contribution in [2.75, 3.05) is 0 Å². The van der Waals surface area contributed by atoms with Gasteiger partial charge in [0.15, 0.2) is 11.6 Å². The third kappa shape index (κ3) is 1.58. The van der Waals surface area contributed by atoms with E-state index < -0.39 is 5.92 Å². The molecule has 0 amide bonds. The van der Waals surface area contributed by atoms with Gasteiger partial charge in [-0.2, -0.15) is 0 Å². The minimum absolute atomic E-state index is 0.220. The Bertz CT molecular complexity index is 474. The molecule has 3 heteroatoms. The SMILES string of the molecule is Cc1cc(F)cc(C)c1C1C(=O)C=CC1=O. The summed E-state index contributed by atoms with van der Waals surface area (Å²) >= 11 is 0. The fourth-order valence-electron chi connectivity index (χ4n) is 2.16. The summed E-state index contributed by atoms with van der Waals surface area (Å²) < 4.78 is 13.1. The van der Waals surface area contributed by atoms with Gasteiger partial charge in [0.2, 0.25) is 0 Å². The molecular weight excluding hydrogens is 207 g/mol. The first-order valence-electron chi connectivity index (χ1n) is 5.03. The second-order valence-electron chi connectivity index (χ2n) is 4.02. The maximum Gasteiger partial charge on any atom is 0.171 e. The second-order valence-corrected chi connectivity index (χ2v) is 4.02. The second kappa shape index (κ2) is 3.67. The molecule has 0 radical (unpaired) electrons. The van der Waals surface area contributed by atoms with Crippen LogP contribution in [-0.4, -0.2) is 11.6 Å². The minimum Gasteiger partial charge on any atom is -0.294 e. The van der Waals surface area contributed by atoms with E-state index in [2.05, 4.69) is 0 Å². The van der Waals surface area contributed by atoms with Crippen molar-refractivity contribution in [3.05, 3.63) is 46.8 Å². The first kappa shape index (κ1) is 10.7. The smallest absolute Gasteiger partial charge is 0.171 e. The van der Waals surface area contributed by atoms with Crippen molar-refractivity contribution >= 4 is 11.6 Å². The van der Waals surface area contributed by atoms with Gasteiger partial charge in [-0.15, -0.1) is 0 Å². The number of carbonyl (C=O) groups is 2. The molecule has 2 nitrogen and oxygen atoms in total. The van der Waals surface area contributed by atoms with Gasteiger partial charge in [-0.3, -0.25) is 9.59 Å². The quantitative estimate of drug-likeness (QED) is 0.677. The van der Waals surface area contributed by atoms with Gasteiger partial charge in [-0.1, -0.05) is 0 Å². The first-order chi connectivity index (χ1) is 7.50. The molecule has 1 aromatic carbocycles. The Kier molecular flexibility index (Phi) is 2.46. The van der Waals surface area contributed by atoms with E-state index in [1.807, 2.05) is 0 Å². The summed E-state index contributed by atoms with van der Waals surface area (Å²) in [6.07, 6.45) is 2.57. The standard InChI is InChI=1S/C13H11FO2/c1-7-5-9(14)6-8(2)12(7)13-10(15)3-4-11(13)16/h3-6,13H,1-2H3. The highest BCUT2D eigenvalue weighted by atomic mass is 19.1. The van der Waals surface area contributed by atoms with Crippen molar-refractivity contribution < 1.29 is 14.0 Å². The molecule has 0 bridgehead atoms. The number of halogens is 1. The van der Waals surface area contributed by atoms with Crippen LogP contribution in [0.5, 0.6) is 0 Å². The summed E-state index contributed by atoms with van der Waals surface area (Å²) in [5.74, 6) is -1.55. The van der Waals surface area contributed by atoms with Crippen LogP contribution in [-0.2, 0) is 9.59 Å². The third-order valence-electron chi connectivity index (χ3n) is 2.83. The van der Waals surface area contributed by atoms with Crippen LogP contribution in [0.2, 0.25) is 0 Å². The van der Waals surface area contributed by atoms with Crippen LogP contribution >= 0.6 is 0 Å². The number of ketones is 2. The van der Waals surface area contributed by atoms with Crippen LogP contribution in [0.15, 0.2) is 24.3 Å². The van der Waals surface area contributed by atoms with Crippen molar-refractivity contribution in [3.63, 3.8) is 0 Å². The molecule has 0 saturated heterocycles. The molecule has 0 unspecified atom stereocenters. The largest absolute Gasteiger partial charge is 0.294 e. The van der Waals surface area contributed by atoms with Gasteiger partial charge in [0.25, 0.3) is 0 Å². The Morgan fingerprint density at radius 2 is 1.44 bits per heavy atom. The highest BCUT2D eigenvalue weighted by Gasteiger charge is 2.32. The average Bonchev–Trinajstić information content (AvgIpc) is 2.47. The molecule has 0 N–H and O–H groups in total. The number of hydrogen-bond acceptors (Lipinski definition) is 2. The summed E-state index contributed by atoms with van der Waals surface area (Å²) in [6.45, 7) is 3.43. The summed E-state index contributed by atoms with van der Waals surface area (Å²) in [5, 5.41) is 0. The van der Waals surface area contributed by atoms with Crippen molar-refractivity contribution in [2.24, 2.45) is 0 Å². The summed E-state index contributed by atoms with van der Waals surface area (Å²) in [4.78, 5) is 23.1. The Hall–Kier alpha value is -1.77. The Labute approximate surface area is 92.8 Å². The molecule has 0 atom stereocenters. The molecule has 0 spiro atoms. The van der Waals surface area contributed by atoms with E-state index in [9.17, 15) is 14.0 Å². The average molecular weight is 218 g/mol. The monoisotopic (exact) mass is 218 g/mol. The zero-order chi connectivity index (χ0) is 11.9. The van der Waals surface area contributed by atoms with E-state index in [0.717, 1.165) is 0 Å². The molecule has 0 fully saturated rings. The third-order valence-corrected chi connectivity index (χ3v) is 2.83. The first-order valence-corrected chi connectivity index (χ1v) is 5.03. The Morgan fingerprint density at radius 3 is 1.88 bits per heavy atom. The van der Waals surface area contributed by atoms with Gasteiger partial charge < -0.3 is 0 Å². The van der Waals surface area contributed by atoms with Crippen LogP contribution in [0.4, 0.5) is 4.39 Å². The molecule has 0 heterocycles. The lowest BCUT2D eigenvalue weighted by molar-refractivity contribution is -0.122. The molecule has 0 saturated carbocycles. The van der Waals surface area contributed by atoms with Gasteiger partial charge in [-0.25, -0.2) is 4.39 Å². The molecule has 16 heavy (non-hydrogen) atoms. The molecule has 1 aliphatic rings. The molecule has 1 aliphatic carbocycles.